The van der Waals surface area contributed by atoms with Crippen molar-refractivity contribution in [1.29, 1.82) is 0 Å². The van der Waals surface area contributed by atoms with E-state index in [4.69, 9.17) is 4.74 Å². The van der Waals surface area contributed by atoms with E-state index in [1.54, 1.807) is 0 Å². The molecule has 2 fully saturated rings. The zero-order valence-electron chi connectivity index (χ0n) is 15.1. The van der Waals surface area contributed by atoms with Crippen LogP contribution in [0, 0.1) is 5.92 Å². The molecule has 2 N–H and O–H groups in total. The summed E-state index contributed by atoms with van der Waals surface area (Å²) in [6.45, 7) is 1.39. The predicted molar refractivity (Wildman–Crippen MR) is 98.2 cm³/mol. The highest BCUT2D eigenvalue weighted by atomic mass is 32.2. The average molecular weight is 395 g/mol. The first-order valence-corrected chi connectivity index (χ1v) is 10.7. The van der Waals surface area contributed by atoms with Crippen LogP contribution in [0.2, 0.25) is 0 Å². The number of carbonyl (C=O) groups is 2. The van der Waals surface area contributed by atoms with Crippen molar-refractivity contribution in [3.63, 3.8) is 0 Å². The maximum atomic E-state index is 12.6. The van der Waals surface area contributed by atoms with Gasteiger partial charge in [0.25, 0.3) is 5.91 Å². The van der Waals surface area contributed by atoms with Gasteiger partial charge >= 0.3 is 0 Å². The van der Waals surface area contributed by atoms with E-state index in [-0.39, 0.29) is 22.3 Å². The van der Waals surface area contributed by atoms with Crippen LogP contribution in [-0.2, 0) is 19.6 Å². The number of nitrogens with zero attached hydrogens (tertiary/aromatic N) is 1. The number of rotatable bonds is 4. The van der Waals surface area contributed by atoms with Gasteiger partial charge in [-0.3, -0.25) is 20.4 Å². The lowest BCUT2D eigenvalue weighted by molar-refractivity contribution is -0.126. The van der Waals surface area contributed by atoms with Gasteiger partial charge in [0.1, 0.15) is 0 Å². The summed E-state index contributed by atoms with van der Waals surface area (Å²) in [5, 5.41) is 0. The Balaban J connectivity index is 1.57. The van der Waals surface area contributed by atoms with E-state index in [0.717, 1.165) is 32.1 Å². The van der Waals surface area contributed by atoms with E-state index < -0.39 is 15.9 Å². The molecule has 2 amide bonds. The van der Waals surface area contributed by atoms with Gasteiger partial charge < -0.3 is 4.74 Å². The first kappa shape index (κ1) is 19.8. The second-order valence-electron chi connectivity index (χ2n) is 6.82. The van der Waals surface area contributed by atoms with Crippen LogP contribution in [0.15, 0.2) is 29.2 Å². The fourth-order valence-corrected chi connectivity index (χ4v) is 4.78. The molecule has 1 saturated carbocycles. The standard InChI is InChI=1S/C18H25N3O5S/c22-17(14-4-2-1-3-5-14)19-20-18(23)15-6-8-16(9-7-15)27(24,25)21-10-12-26-13-11-21/h6-9,14H,1-5,10-13H2,(H,19,22)(H,20,23). The summed E-state index contributed by atoms with van der Waals surface area (Å²) in [4.78, 5) is 24.4. The van der Waals surface area contributed by atoms with Crippen LogP contribution in [-0.4, -0.2) is 50.8 Å². The summed E-state index contributed by atoms with van der Waals surface area (Å²) < 4.78 is 31.7. The second kappa shape index (κ2) is 8.81. The van der Waals surface area contributed by atoms with E-state index >= 15 is 0 Å². The molecule has 3 rings (SSSR count). The zero-order valence-corrected chi connectivity index (χ0v) is 16.0. The topological polar surface area (TPSA) is 105 Å². The van der Waals surface area contributed by atoms with Crippen LogP contribution in [0.5, 0.6) is 0 Å². The minimum Gasteiger partial charge on any atom is -0.379 e. The molecule has 0 unspecified atom stereocenters. The highest BCUT2D eigenvalue weighted by molar-refractivity contribution is 7.89. The van der Waals surface area contributed by atoms with E-state index in [9.17, 15) is 18.0 Å². The Labute approximate surface area is 159 Å². The number of hydrogen-bond donors (Lipinski definition) is 2. The monoisotopic (exact) mass is 395 g/mol. The summed E-state index contributed by atoms with van der Waals surface area (Å²) in [6, 6.07) is 5.69. The first-order valence-electron chi connectivity index (χ1n) is 9.26. The quantitative estimate of drug-likeness (QED) is 0.742. The molecule has 0 radical (unpaired) electrons. The van der Waals surface area contributed by atoms with E-state index in [2.05, 4.69) is 10.9 Å². The highest BCUT2D eigenvalue weighted by Crippen LogP contribution is 2.23. The van der Waals surface area contributed by atoms with Crippen molar-refractivity contribution >= 4 is 21.8 Å². The van der Waals surface area contributed by atoms with Crippen LogP contribution in [0.1, 0.15) is 42.5 Å². The Morgan fingerprint density at radius 2 is 1.59 bits per heavy atom. The summed E-state index contributed by atoms with van der Waals surface area (Å²) in [6.07, 6.45) is 4.90. The normalized spacial score (nSPS) is 19.4. The van der Waals surface area contributed by atoms with Gasteiger partial charge in [0.2, 0.25) is 15.9 Å². The Hall–Kier alpha value is -1.97. The number of hydrogen-bond acceptors (Lipinski definition) is 5. The molecule has 0 atom stereocenters. The fourth-order valence-electron chi connectivity index (χ4n) is 3.37. The lowest BCUT2D eigenvalue weighted by Crippen LogP contribution is -2.45. The second-order valence-corrected chi connectivity index (χ2v) is 8.76. The van der Waals surface area contributed by atoms with Gasteiger partial charge in [0, 0.05) is 24.6 Å². The number of morpholine rings is 1. The SMILES string of the molecule is O=C(NNC(=O)C1CCCCC1)c1ccc(S(=O)(=O)N2CCOCC2)cc1. The highest BCUT2D eigenvalue weighted by Gasteiger charge is 2.26. The van der Waals surface area contributed by atoms with Crippen molar-refractivity contribution in [2.45, 2.75) is 37.0 Å². The molecule has 1 heterocycles. The fraction of sp³-hybridized carbons (Fsp3) is 0.556. The van der Waals surface area contributed by atoms with Crippen molar-refractivity contribution in [3.05, 3.63) is 29.8 Å². The predicted octanol–water partition coefficient (Wildman–Crippen LogP) is 1.05. The van der Waals surface area contributed by atoms with Gasteiger partial charge in [-0.25, -0.2) is 8.42 Å². The number of benzene rings is 1. The van der Waals surface area contributed by atoms with E-state index in [1.165, 1.54) is 28.6 Å². The minimum atomic E-state index is -3.59. The van der Waals surface area contributed by atoms with Crippen molar-refractivity contribution in [3.8, 4) is 0 Å². The number of ether oxygens (including phenoxy) is 1. The van der Waals surface area contributed by atoms with Gasteiger partial charge in [-0.15, -0.1) is 0 Å². The number of sulfonamides is 1. The van der Waals surface area contributed by atoms with E-state index in [0.29, 0.717) is 26.3 Å². The summed E-state index contributed by atoms with van der Waals surface area (Å²) in [5.74, 6) is -0.705. The van der Waals surface area contributed by atoms with Gasteiger partial charge in [0.05, 0.1) is 18.1 Å². The first-order chi connectivity index (χ1) is 13.0. The van der Waals surface area contributed by atoms with Crippen molar-refractivity contribution in [1.82, 2.24) is 15.2 Å². The largest absolute Gasteiger partial charge is 0.379 e. The molecule has 0 aromatic heterocycles. The molecule has 1 aliphatic heterocycles. The van der Waals surface area contributed by atoms with Crippen LogP contribution < -0.4 is 10.9 Å². The third-order valence-electron chi connectivity index (χ3n) is 5.00. The molecule has 0 bridgehead atoms. The van der Waals surface area contributed by atoms with Gasteiger partial charge in [-0.1, -0.05) is 19.3 Å². The van der Waals surface area contributed by atoms with Crippen LogP contribution >= 0.6 is 0 Å². The maximum absolute atomic E-state index is 12.6. The molecule has 9 heteroatoms. The number of carbonyl (C=O) groups excluding carboxylic acids is 2. The number of amides is 2. The molecule has 8 nitrogen and oxygen atoms in total. The van der Waals surface area contributed by atoms with E-state index in [1.807, 2.05) is 0 Å². The van der Waals surface area contributed by atoms with Gasteiger partial charge in [-0.2, -0.15) is 4.31 Å². The average Bonchev–Trinajstić information content (AvgIpc) is 2.73. The minimum absolute atomic E-state index is 0.0555. The Morgan fingerprint density at radius 1 is 0.963 bits per heavy atom. The molecule has 148 valence electrons. The smallest absolute Gasteiger partial charge is 0.269 e. The van der Waals surface area contributed by atoms with Crippen molar-refractivity contribution in [2.24, 2.45) is 5.92 Å². The zero-order chi connectivity index (χ0) is 19.3. The van der Waals surface area contributed by atoms with Crippen LogP contribution in [0.25, 0.3) is 0 Å². The van der Waals surface area contributed by atoms with Gasteiger partial charge in [-0.05, 0) is 37.1 Å². The molecular weight excluding hydrogens is 370 g/mol. The number of nitrogens with one attached hydrogen (secondary N) is 2. The number of hydrazine groups is 1. The Morgan fingerprint density at radius 3 is 2.22 bits per heavy atom. The molecule has 1 aromatic carbocycles. The molecule has 2 aliphatic rings. The molecular formula is C18H25N3O5S. The molecule has 1 aliphatic carbocycles. The third kappa shape index (κ3) is 4.85. The lowest BCUT2D eigenvalue weighted by Gasteiger charge is -2.26. The molecule has 1 aromatic rings. The summed E-state index contributed by atoms with van der Waals surface area (Å²) in [5.41, 5.74) is 5.15. The van der Waals surface area contributed by atoms with Crippen LogP contribution in [0.4, 0.5) is 0 Å². The van der Waals surface area contributed by atoms with Crippen LogP contribution in [0.3, 0.4) is 0 Å². The lowest BCUT2D eigenvalue weighted by atomic mass is 9.89. The molecule has 0 spiro atoms. The van der Waals surface area contributed by atoms with Crippen molar-refractivity contribution < 1.29 is 22.7 Å². The Bertz CT molecular complexity index is 767. The Kier molecular flexibility index (Phi) is 6.46. The summed E-state index contributed by atoms with van der Waals surface area (Å²) >= 11 is 0. The molecule has 27 heavy (non-hydrogen) atoms. The van der Waals surface area contributed by atoms with Crippen molar-refractivity contribution in [2.75, 3.05) is 26.3 Å². The van der Waals surface area contributed by atoms with Gasteiger partial charge in [0.15, 0.2) is 0 Å². The summed E-state index contributed by atoms with van der Waals surface area (Å²) in [7, 11) is -3.59. The maximum Gasteiger partial charge on any atom is 0.269 e. The third-order valence-corrected chi connectivity index (χ3v) is 6.91. The molecule has 1 saturated heterocycles.